The van der Waals surface area contributed by atoms with Gasteiger partial charge in [0.1, 0.15) is 36.5 Å². The lowest BCUT2D eigenvalue weighted by molar-refractivity contribution is -0.163. The molecule has 0 saturated heterocycles. The smallest absolute Gasteiger partial charge is 0.321 e. The van der Waals surface area contributed by atoms with E-state index in [1.165, 1.54) is 24.3 Å². The van der Waals surface area contributed by atoms with Crippen LogP contribution in [0.5, 0.6) is 0 Å². The number of hydrogen-bond donors (Lipinski definition) is 0. The normalized spacial score (nSPS) is 14.2. The van der Waals surface area contributed by atoms with Gasteiger partial charge in [0.15, 0.2) is 11.4 Å². The Hall–Kier alpha value is -3.01. The summed E-state index contributed by atoms with van der Waals surface area (Å²) >= 11 is 5.61. The van der Waals surface area contributed by atoms with Crippen LogP contribution < -0.4 is 0 Å². The van der Waals surface area contributed by atoms with E-state index in [0.717, 1.165) is 24.7 Å². The molecule has 2 atom stereocenters. The zero-order chi connectivity index (χ0) is 21.0. The van der Waals surface area contributed by atoms with Crippen LogP contribution in [0.1, 0.15) is 24.1 Å². The number of benzene rings is 1. The molecule has 0 saturated carbocycles. The molecule has 0 aliphatic heterocycles. The molecule has 0 bridgehead atoms. The van der Waals surface area contributed by atoms with Crippen LogP contribution in [0.15, 0.2) is 43.4 Å². The lowest BCUT2D eigenvalue weighted by atomic mass is 9.79. The summed E-state index contributed by atoms with van der Waals surface area (Å²) in [7, 11) is 0. The topological polar surface area (TPSA) is 82.8 Å². The van der Waals surface area contributed by atoms with E-state index < -0.39 is 40.8 Å². The molecule has 3 aromatic rings. The van der Waals surface area contributed by atoms with Crippen molar-refractivity contribution in [3.8, 4) is 0 Å². The molecule has 0 radical (unpaired) electrons. The Labute approximate surface area is 168 Å². The Morgan fingerprint density at radius 1 is 1.24 bits per heavy atom. The van der Waals surface area contributed by atoms with Crippen LogP contribution in [0.2, 0.25) is 0 Å². The number of carbonyl (C=O) groups excluding carboxylic acids is 1. The quantitative estimate of drug-likeness (QED) is 0.427. The molecule has 152 valence electrons. The molecule has 2 aromatic heterocycles. The molecular formula is C18H15ClF3N5O2. The van der Waals surface area contributed by atoms with Crippen LogP contribution in [0.25, 0.3) is 0 Å². The summed E-state index contributed by atoms with van der Waals surface area (Å²) in [6.45, 7) is 1.23. The maximum Gasteiger partial charge on any atom is 0.321 e. The molecule has 0 amide bonds. The van der Waals surface area contributed by atoms with Crippen molar-refractivity contribution < 1.29 is 22.7 Å². The van der Waals surface area contributed by atoms with Crippen LogP contribution in [0.4, 0.5) is 13.2 Å². The maximum atomic E-state index is 14.9. The maximum absolute atomic E-state index is 14.9. The highest BCUT2D eigenvalue weighted by atomic mass is 35.5. The largest absolute Gasteiger partial charge is 0.450 e. The van der Waals surface area contributed by atoms with E-state index in [4.69, 9.17) is 16.3 Å². The monoisotopic (exact) mass is 425 g/mol. The number of ether oxygens (including phenoxy) is 1. The van der Waals surface area contributed by atoms with Gasteiger partial charge in [-0.3, -0.25) is 4.79 Å². The van der Waals surface area contributed by atoms with Crippen molar-refractivity contribution in [2.75, 3.05) is 5.88 Å². The summed E-state index contributed by atoms with van der Waals surface area (Å²) in [5.41, 5.74) is -2.20. The van der Waals surface area contributed by atoms with E-state index >= 15 is 0 Å². The number of carbonyl (C=O) groups is 1. The minimum atomic E-state index is -1.87. The second-order valence-corrected chi connectivity index (χ2v) is 6.46. The van der Waals surface area contributed by atoms with Crippen LogP contribution in [0, 0.1) is 17.5 Å². The Bertz CT molecular complexity index is 1000. The fourth-order valence-corrected chi connectivity index (χ4v) is 3.17. The SMILES string of the molecule is CC(c1ncncc1F)[C@@](Cn1cncn1)(OC(=O)CCl)c1ccc(F)cc1F. The Morgan fingerprint density at radius 2 is 2.03 bits per heavy atom. The molecule has 0 spiro atoms. The lowest BCUT2D eigenvalue weighted by Gasteiger charge is -2.38. The highest BCUT2D eigenvalue weighted by molar-refractivity contribution is 6.26. The molecule has 1 unspecified atom stereocenters. The summed E-state index contributed by atoms with van der Waals surface area (Å²) in [6, 6.07) is 2.77. The van der Waals surface area contributed by atoms with Gasteiger partial charge in [-0.25, -0.2) is 32.8 Å². The van der Waals surface area contributed by atoms with E-state index in [-0.39, 0.29) is 17.8 Å². The van der Waals surface area contributed by atoms with Crippen molar-refractivity contribution in [2.24, 2.45) is 0 Å². The third-order valence-corrected chi connectivity index (χ3v) is 4.68. The van der Waals surface area contributed by atoms with E-state index in [9.17, 15) is 18.0 Å². The molecule has 0 aliphatic carbocycles. The van der Waals surface area contributed by atoms with E-state index in [1.807, 2.05) is 0 Å². The van der Waals surface area contributed by atoms with E-state index in [0.29, 0.717) is 6.07 Å². The first-order valence-corrected chi connectivity index (χ1v) is 8.92. The molecule has 11 heteroatoms. The predicted octanol–water partition coefficient (Wildman–Crippen LogP) is 2.97. The van der Waals surface area contributed by atoms with E-state index in [1.54, 1.807) is 0 Å². The van der Waals surface area contributed by atoms with Crippen molar-refractivity contribution in [3.63, 3.8) is 0 Å². The Kier molecular flexibility index (Phi) is 6.12. The Balaban J connectivity index is 2.25. The van der Waals surface area contributed by atoms with Gasteiger partial charge in [-0.2, -0.15) is 5.10 Å². The van der Waals surface area contributed by atoms with Crippen molar-refractivity contribution in [2.45, 2.75) is 25.0 Å². The van der Waals surface area contributed by atoms with Gasteiger partial charge in [0.25, 0.3) is 0 Å². The van der Waals surface area contributed by atoms with Crippen LogP contribution in [-0.2, 0) is 21.7 Å². The minimum absolute atomic E-state index is 0.133. The number of hydrogen-bond acceptors (Lipinski definition) is 6. The number of rotatable bonds is 7. The molecular weight excluding hydrogens is 411 g/mol. The van der Waals surface area contributed by atoms with Crippen LogP contribution >= 0.6 is 11.6 Å². The summed E-state index contributed by atoms with van der Waals surface area (Å²) in [4.78, 5) is 23.5. The van der Waals surface area contributed by atoms with E-state index in [2.05, 4.69) is 20.1 Å². The van der Waals surface area contributed by atoms with Gasteiger partial charge in [-0.05, 0) is 12.1 Å². The van der Waals surface area contributed by atoms with Gasteiger partial charge >= 0.3 is 5.97 Å². The summed E-state index contributed by atoms with van der Waals surface area (Å²) in [5, 5.41) is 3.96. The number of aromatic nitrogens is 5. The standard InChI is InChI=1S/C18H15ClF3N5O2/c1-11(17-15(22)6-23-8-25-17)18(29-16(28)5-19,7-27-10-24-9-26-27)13-3-2-12(20)4-14(13)21/h2-4,6,8-11H,5,7H2,1H3/t11?,18-/m1/s1. The fraction of sp³-hybridized carbons (Fsp3) is 0.278. The van der Waals surface area contributed by atoms with Crippen molar-refractivity contribution in [3.05, 3.63) is 72.1 Å². The van der Waals surface area contributed by atoms with Crippen LogP contribution in [-0.4, -0.2) is 36.6 Å². The first kappa shape index (κ1) is 20.7. The molecule has 7 nitrogen and oxygen atoms in total. The number of alkyl halides is 1. The minimum Gasteiger partial charge on any atom is -0.450 e. The summed E-state index contributed by atoms with van der Waals surface area (Å²) in [6.07, 6.45) is 4.59. The van der Waals surface area contributed by atoms with Gasteiger partial charge < -0.3 is 4.74 Å². The number of nitrogens with zero attached hydrogens (tertiary/aromatic N) is 5. The Morgan fingerprint density at radius 3 is 2.66 bits per heavy atom. The van der Waals surface area contributed by atoms with Crippen molar-refractivity contribution in [1.29, 1.82) is 0 Å². The van der Waals surface area contributed by atoms with Gasteiger partial charge in [0.2, 0.25) is 0 Å². The molecule has 0 N–H and O–H groups in total. The average molecular weight is 426 g/mol. The molecule has 2 heterocycles. The number of halogens is 4. The van der Waals surface area contributed by atoms with Crippen LogP contribution in [0.3, 0.4) is 0 Å². The molecule has 0 fully saturated rings. The molecule has 29 heavy (non-hydrogen) atoms. The van der Waals surface area contributed by atoms with Gasteiger partial charge in [0, 0.05) is 17.5 Å². The first-order chi connectivity index (χ1) is 13.9. The summed E-state index contributed by atoms with van der Waals surface area (Å²) < 4.78 is 49.8. The predicted molar refractivity (Wildman–Crippen MR) is 95.3 cm³/mol. The van der Waals surface area contributed by atoms with Crippen molar-refractivity contribution in [1.82, 2.24) is 24.7 Å². The zero-order valence-electron chi connectivity index (χ0n) is 15.1. The first-order valence-electron chi connectivity index (χ1n) is 8.38. The molecule has 0 aliphatic rings. The lowest BCUT2D eigenvalue weighted by Crippen LogP contribution is -2.43. The number of esters is 1. The molecule has 3 rings (SSSR count). The fourth-order valence-electron chi connectivity index (χ4n) is 3.11. The highest BCUT2D eigenvalue weighted by Crippen LogP contribution is 2.43. The third kappa shape index (κ3) is 4.21. The second kappa shape index (κ2) is 8.56. The highest BCUT2D eigenvalue weighted by Gasteiger charge is 2.47. The average Bonchev–Trinajstić information content (AvgIpc) is 3.20. The second-order valence-electron chi connectivity index (χ2n) is 6.19. The zero-order valence-corrected chi connectivity index (χ0v) is 15.9. The van der Waals surface area contributed by atoms with Gasteiger partial charge in [-0.15, -0.1) is 11.6 Å². The molecule has 1 aromatic carbocycles. The summed E-state index contributed by atoms with van der Waals surface area (Å²) in [5.74, 6) is -5.08. The van der Waals surface area contributed by atoms with Gasteiger partial charge in [0.05, 0.1) is 18.4 Å². The third-order valence-electron chi connectivity index (χ3n) is 4.46. The van der Waals surface area contributed by atoms with Crippen molar-refractivity contribution >= 4 is 17.6 Å². The van der Waals surface area contributed by atoms with Gasteiger partial charge in [-0.1, -0.05) is 6.92 Å².